The Balaban J connectivity index is 1.64. The molecule has 26 heavy (non-hydrogen) atoms. The summed E-state index contributed by atoms with van der Waals surface area (Å²) in [5, 5.41) is 12.9. The van der Waals surface area contributed by atoms with Gasteiger partial charge in [0.05, 0.1) is 6.10 Å². The first-order valence-electron chi connectivity index (χ1n) is 9.07. The lowest BCUT2D eigenvalue weighted by Crippen LogP contribution is -2.53. The highest BCUT2D eigenvalue weighted by Gasteiger charge is 2.29. The highest BCUT2D eigenvalue weighted by Crippen LogP contribution is 2.15. The molecule has 0 aromatic carbocycles. The maximum atomic E-state index is 12.6. The van der Waals surface area contributed by atoms with E-state index in [2.05, 4.69) is 27.1 Å². The fourth-order valence-corrected chi connectivity index (χ4v) is 3.45. The number of β-amino-alcohol motifs (C(OH)–C–C–N with tert-alkyl or cyclic N) is 1. The molecule has 2 aliphatic heterocycles. The number of hydrogen-bond donors (Lipinski definition) is 2. The van der Waals surface area contributed by atoms with Crippen molar-refractivity contribution in [2.45, 2.75) is 25.5 Å². The SMILES string of the molecule is CC(=O)N1CC(O)CC(NC(=O)c2cccc(N3CCN(C)CC3)n2)C1. The van der Waals surface area contributed by atoms with E-state index in [1.54, 1.807) is 11.0 Å². The summed E-state index contributed by atoms with van der Waals surface area (Å²) in [5.41, 5.74) is 0.357. The molecule has 2 amide bonds. The van der Waals surface area contributed by atoms with E-state index in [9.17, 15) is 14.7 Å². The third-order valence-corrected chi connectivity index (χ3v) is 5.00. The van der Waals surface area contributed by atoms with Crippen LogP contribution in [0.1, 0.15) is 23.8 Å². The Morgan fingerprint density at radius 2 is 1.92 bits per heavy atom. The van der Waals surface area contributed by atoms with Crippen LogP contribution in [0.15, 0.2) is 18.2 Å². The van der Waals surface area contributed by atoms with Crippen LogP contribution in [0.4, 0.5) is 5.82 Å². The van der Waals surface area contributed by atoms with E-state index >= 15 is 0 Å². The third kappa shape index (κ3) is 4.50. The van der Waals surface area contributed by atoms with Crippen LogP contribution in [0.2, 0.25) is 0 Å². The fraction of sp³-hybridized carbons (Fsp3) is 0.611. The van der Waals surface area contributed by atoms with Crippen molar-refractivity contribution in [2.75, 3.05) is 51.2 Å². The molecule has 0 saturated carbocycles. The van der Waals surface area contributed by atoms with Crippen molar-refractivity contribution in [3.8, 4) is 0 Å². The number of piperazine rings is 1. The second kappa shape index (κ2) is 8.01. The molecule has 0 radical (unpaired) electrons. The number of likely N-dealkylation sites (tertiary alicyclic amines) is 1. The van der Waals surface area contributed by atoms with Gasteiger partial charge in [0, 0.05) is 52.2 Å². The van der Waals surface area contributed by atoms with Gasteiger partial charge in [-0.25, -0.2) is 4.98 Å². The summed E-state index contributed by atoms with van der Waals surface area (Å²) in [7, 11) is 2.09. The van der Waals surface area contributed by atoms with E-state index < -0.39 is 6.10 Å². The zero-order valence-electron chi connectivity index (χ0n) is 15.4. The summed E-state index contributed by atoms with van der Waals surface area (Å²) < 4.78 is 0. The van der Waals surface area contributed by atoms with Crippen molar-refractivity contribution in [3.05, 3.63) is 23.9 Å². The van der Waals surface area contributed by atoms with E-state index in [1.165, 1.54) is 6.92 Å². The number of pyridine rings is 1. The Labute approximate surface area is 153 Å². The van der Waals surface area contributed by atoms with Crippen molar-refractivity contribution in [1.29, 1.82) is 0 Å². The molecule has 1 aromatic rings. The second-order valence-corrected chi connectivity index (χ2v) is 7.16. The molecule has 2 fully saturated rings. The molecule has 0 bridgehead atoms. The molecule has 8 heteroatoms. The fourth-order valence-electron chi connectivity index (χ4n) is 3.45. The number of aliphatic hydroxyl groups excluding tert-OH is 1. The molecule has 1 aromatic heterocycles. The van der Waals surface area contributed by atoms with Crippen molar-refractivity contribution < 1.29 is 14.7 Å². The summed E-state index contributed by atoms with van der Waals surface area (Å²) in [4.78, 5) is 34.7. The average molecular weight is 361 g/mol. The van der Waals surface area contributed by atoms with Crippen LogP contribution in [0.5, 0.6) is 0 Å². The van der Waals surface area contributed by atoms with E-state index in [1.807, 2.05) is 12.1 Å². The van der Waals surface area contributed by atoms with Gasteiger partial charge in [0.1, 0.15) is 11.5 Å². The maximum absolute atomic E-state index is 12.6. The molecule has 0 aliphatic carbocycles. The molecule has 2 unspecified atom stereocenters. The number of hydrogen-bond acceptors (Lipinski definition) is 6. The van der Waals surface area contributed by atoms with E-state index in [0.29, 0.717) is 25.2 Å². The van der Waals surface area contributed by atoms with Gasteiger partial charge in [-0.3, -0.25) is 9.59 Å². The molecule has 3 rings (SSSR count). The largest absolute Gasteiger partial charge is 0.391 e. The number of carbonyl (C=O) groups is 2. The summed E-state index contributed by atoms with van der Waals surface area (Å²) in [5.74, 6) is 0.432. The Morgan fingerprint density at radius 3 is 2.62 bits per heavy atom. The number of aliphatic hydroxyl groups is 1. The minimum atomic E-state index is -0.623. The standard InChI is InChI=1S/C18H27N5O3/c1-13(24)23-11-14(10-15(25)12-23)19-18(26)16-4-3-5-17(20-16)22-8-6-21(2)7-9-22/h3-5,14-15,25H,6-12H2,1-2H3,(H,19,26). The van der Waals surface area contributed by atoms with Gasteiger partial charge in [0.15, 0.2) is 0 Å². The normalized spacial score (nSPS) is 24.4. The lowest BCUT2D eigenvalue weighted by molar-refractivity contribution is -0.132. The molecule has 142 valence electrons. The minimum absolute atomic E-state index is 0.0989. The monoisotopic (exact) mass is 361 g/mol. The van der Waals surface area contributed by atoms with Crippen LogP contribution in [0.3, 0.4) is 0 Å². The Kier molecular flexibility index (Phi) is 5.73. The molecular weight excluding hydrogens is 334 g/mol. The molecule has 2 saturated heterocycles. The Morgan fingerprint density at radius 1 is 1.19 bits per heavy atom. The third-order valence-electron chi connectivity index (χ3n) is 5.00. The number of aromatic nitrogens is 1. The summed E-state index contributed by atoms with van der Waals surface area (Å²) in [6, 6.07) is 5.18. The van der Waals surface area contributed by atoms with Gasteiger partial charge < -0.3 is 25.1 Å². The number of carbonyl (C=O) groups excluding carboxylic acids is 2. The second-order valence-electron chi connectivity index (χ2n) is 7.16. The van der Waals surface area contributed by atoms with E-state index in [-0.39, 0.29) is 17.9 Å². The zero-order valence-corrected chi connectivity index (χ0v) is 15.4. The zero-order chi connectivity index (χ0) is 18.7. The van der Waals surface area contributed by atoms with Crippen molar-refractivity contribution in [1.82, 2.24) is 20.1 Å². The lowest BCUT2D eigenvalue weighted by Gasteiger charge is -2.35. The summed E-state index contributed by atoms with van der Waals surface area (Å²) in [6.07, 6.45) is -0.184. The molecule has 0 spiro atoms. The van der Waals surface area contributed by atoms with Crippen LogP contribution in [0.25, 0.3) is 0 Å². The van der Waals surface area contributed by atoms with Crippen molar-refractivity contribution in [2.24, 2.45) is 0 Å². The Bertz CT molecular complexity index is 660. The van der Waals surface area contributed by atoms with Crippen LogP contribution in [0, 0.1) is 0 Å². The van der Waals surface area contributed by atoms with Gasteiger partial charge in [-0.05, 0) is 25.6 Å². The summed E-state index contributed by atoms with van der Waals surface area (Å²) in [6.45, 7) is 5.92. The van der Waals surface area contributed by atoms with Gasteiger partial charge in [-0.1, -0.05) is 6.07 Å². The average Bonchev–Trinajstić information content (AvgIpc) is 2.62. The molecular formula is C18H27N5O3. The first-order valence-corrected chi connectivity index (χ1v) is 9.07. The van der Waals surface area contributed by atoms with Gasteiger partial charge in [-0.2, -0.15) is 0 Å². The van der Waals surface area contributed by atoms with Crippen LogP contribution in [-0.4, -0.2) is 90.2 Å². The molecule has 3 heterocycles. The number of amides is 2. The number of anilines is 1. The smallest absolute Gasteiger partial charge is 0.270 e. The van der Waals surface area contributed by atoms with Crippen LogP contribution >= 0.6 is 0 Å². The predicted octanol–water partition coefficient (Wildman–Crippen LogP) is -0.455. The molecule has 2 N–H and O–H groups in total. The maximum Gasteiger partial charge on any atom is 0.270 e. The number of rotatable bonds is 3. The number of likely N-dealkylation sites (N-methyl/N-ethyl adjacent to an activating group) is 1. The predicted molar refractivity (Wildman–Crippen MR) is 98.1 cm³/mol. The number of piperidine rings is 1. The number of nitrogens with zero attached hydrogens (tertiary/aromatic N) is 4. The minimum Gasteiger partial charge on any atom is -0.391 e. The topological polar surface area (TPSA) is 89.0 Å². The summed E-state index contributed by atoms with van der Waals surface area (Å²) >= 11 is 0. The first-order chi connectivity index (χ1) is 12.4. The number of nitrogens with one attached hydrogen (secondary N) is 1. The van der Waals surface area contributed by atoms with Gasteiger partial charge >= 0.3 is 0 Å². The first kappa shape index (κ1) is 18.6. The molecule has 2 aliphatic rings. The van der Waals surface area contributed by atoms with E-state index in [4.69, 9.17) is 0 Å². The Hall–Kier alpha value is -2.19. The van der Waals surface area contributed by atoms with Crippen LogP contribution < -0.4 is 10.2 Å². The van der Waals surface area contributed by atoms with Crippen molar-refractivity contribution in [3.63, 3.8) is 0 Å². The quantitative estimate of drug-likeness (QED) is 0.758. The molecule has 8 nitrogen and oxygen atoms in total. The lowest BCUT2D eigenvalue weighted by atomic mass is 10.0. The van der Waals surface area contributed by atoms with Gasteiger partial charge in [0.25, 0.3) is 5.91 Å². The highest BCUT2D eigenvalue weighted by molar-refractivity contribution is 5.93. The van der Waals surface area contributed by atoms with Gasteiger partial charge in [0.2, 0.25) is 5.91 Å². The van der Waals surface area contributed by atoms with E-state index in [0.717, 1.165) is 32.0 Å². The van der Waals surface area contributed by atoms with Crippen LogP contribution in [-0.2, 0) is 4.79 Å². The van der Waals surface area contributed by atoms with Gasteiger partial charge in [-0.15, -0.1) is 0 Å². The van der Waals surface area contributed by atoms with Crippen molar-refractivity contribution >= 4 is 17.6 Å². The molecule has 2 atom stereocenters. The highest BCUT2D eigenvalue weighted by atomic mass is 16.3.